The molecule has 0 radical (unpaired) electrons. The van der Waals surface area contributed by atoms with E-state index in [1.807, 2.05) is 0 Å². The number of ether oxygens (including phenoxy) is 1. The van der Waals surface area contributed by atoms with E-state index in [1.165, 1.54) is 41.5 Å². The summed E-state index contributed by atoms with van der Waals surface area (Å²) in [5.74, 6) is -0.692. The third kappa shape index (κ3) is 5.43. The van der Waals surface area contributed by atoms with Crippen LogP contribution in [0.3, 0.4) is 0 Å². The number of nitrogens with two attached hydrogens (primary N) is 1. The number of alkyl halides is 4. The number of pyridine rings is 1. The Morgan fingerprint density at radius 2 is 1.80 bits per heavy atom. The van der Waals surface area contributed by atoms with Gasteiger partial charge in [-0.15, -0.1) is 0 Å². The molecule has 2 N–H and O–H groups in total. The zero-order valence-electron chi connectivity index (χ0n) is 17.8. The highest BCUT2D eigenvalue weighted by atomic mass is 35.5. The van der Waals surface area contributed by atoms with E-state index in [2.05, 4.69) is 19.9 Å². The summed E-state index contributed by atoms with van der Waals surface area (Å²) in [5, 5.41) is 7.94. The highest BCUT2D eigenvalue weighted by Gasteiger charge is 2.20. The van der Waals surface area contributed by atoms with Crippen molar-refractivity contribution in [2.75, 3.05) is 12.3 Å². The number of anilines is 1. The highest BCUT2D eigenvalue weighted by Crippen LogP contribution is 2.33. The molecule has 4 aromatic rings. The van der Waals surface area contributed by atoms with Gasteiger partial charge in [0.15, 0.2) is 5.82 Å². The molecule has 0 saturated carbocycles. The number of hydrogen-bond acceptors (Lipinski definition) is 5. The van der Waals surface area contributed by atoms with E-state index in [-0.39, 0.29) is 35.0 Å². The molecule has 0 aliphatic rings. The van der Waals surface area contributed by atoms with E-state index in [9.17, 15) is 22.0 Å². The van der Waals surface area contributed by atoms with Crippen LogP contribution in [0.1, 0.15) is 24.7 Å². The van der Waals surface area contributed by atoms with Crippen molar-refractivity contribution in [1.29, 1.82) is 0 Å². The summed E-state index contributed by atoms with van der Waals surface area (Å²) in [4.78, 5) is 4.36. The molecule has 0 spiro atoms. The van der Waals surface area contributed by atoms with Crippen molar-refractivity contribution in [3.05, 3.63) is 71.7 Å². The number of aromatic nitrogens is 5. The summed E-state index contributed by atoms with van der Waals surface area (Å²) >= 11 is 5.87. The summed E-state index contributed by atoms with van der Waals surface area (Å²) in [6.07, 6.45) is 5.53. The van der Waals surface area contributed by atoms with Gasteiger partial charge in [0.2, 0.25) is 0 Å². The van der Waals surface area contributed by atoms with Crippen LogP contribution in [0.4, 0.5) is 27.6 Å². The molecule has 0 amide bonds. The number of halogens is 6. The number of nitrogen functional groups attached to an aromatic ring is 1. The lowest BCUT2D eigenvalue weighted by atomic mass is 10.0. The molecule has 1 unspecified atom stereocenters. The van der Waals surface area contributed by atoms with E-state index in [0.717, 1.165) is 6.20 Å². The maximum absolute atomic E-state index is 14.5. The summed E-state index contributed by atoms with van der Waals surface area (Å²) < 4.78 is 71.6. The van der Waals surface area contributed by atoms with E-state index >= 15 is 0 Å². The van der Waals surface area contributed by atoms with E-state index in [1.54, 1.807) is 12.1 Å². The van der Waals surface area contributed by atoms with Gasteiger partial charge in [0.05, 0.1) is 35.3 Å². The Morgan fingerprint density at radius 3 is 2.46 bits per heavy atom. The molecule has 1 atom stereocenters. The Kier molecular flexibility index (Phi) is 7.31. The largest absolute Gasteiger partial charge is 0.398 e. The van der Waals surface area contributed by atoms with Crippen LogP contribution in [-0.2, 0) is 4.74 Å². The molecular weight excluding hydrogens is 495 g/mol. The second-order valence-corrected chi connectivity index (χ2v) is 7.81. The first-order chi connectivity index (χ1) is 16.7. The van der Waals surface area contributed by atoms with Crippen LogP contribution in [0.2, 0.25) is 5.02 Å². The van der Waals surface area contributed by atoms with Gasteiger partial charge in [0.1, 0.15) is 0 Å². The minimum Gasteiger partial charge on any atom is -0.398 e. The van der Waals surface area contributed by atoms with Gasteiger partial charge in [-0.2, -0.15) is 27.8 Å². The zero-order valence-corrected chi connectivity index (χ0v) is 18.6. The average molecular weight is 513 g/mol. The molecule has 0 aliphatic carbocycles. The highest BCUT2D eigenvalue weighted by molar-refractivity contribution is 6.31. The fourth-order valence-corrected chi connectivity index (χ4v) is 3.69. The Hall–Kier alpha value is -3.51. The van der Waals surface area contributed by atoms with Crippen molar-refractivity contribution >= 4 is 17.3 Å². The van der Waals surface area contributed by atoms with Crippen molar-refractivity contribution in [1.82, 2.24) is 24.5 Å². The normalized spacial score (nSPS) is 12.6. The van der Waals surface area contributed by atoms with E-state index in [4.69, 9.17) is 17.3 Å². The van der Waals surface area contributed by atoms with Crippen LogP contribution in [0, 0.1) is 5.82 Å². The lowest BCUT2D eigenvalue weighted by molar-refractivity contribution is -0.130. The van der Waals surface area contributed by atoms with Gasteiger partial charge in [0.25, 0.3) is 0 Å². The predicted molar refractivity (Wildman–Crippen MR) is 118 cm³/mol. The van der Waals surface area contributed by atoms with Crippen molar-refractivity contribution < 1.29 is 26.7 Å². The third-order valence-corrected chi connectivity index (χ3v) is 5.50. The van der Waals surface area contributed by atoms with Gasteiger partial charge in [-0.3, -0.25) is 9.67 Å². The van der Waals surface area contributed by atoms with Crippen molar-refractivity contribution in [3.8, 4) is 22.4 Å². The first-order valence-corrected chi connectivity index (χ1v) is 10.6. The summed E-state index contributed by atoms with van der Waals surface area (Å²) in [5.41, 5.74) is 7.64. The molecule has 0 aliphatic heterocycles. The molecule has 7 nitrogen and oxygen atoms in total. The van der Waals surface area contributed by atoms with Gasteiger partial charge in [-0.25, -0.2) is 9.07 Å². The Labute approximate surface area is 200 Å². The monoisotopic (exact) mass is 512 g/mol. The predicted octanol–water partition coefficient (Wildman–Crippen LogP) is 5.80. The summed E-state index contributed by atoms with van der Waals surface area (Å²) in [7, 11) is 0. The van der Waals surface area contributed by atoms with Gasteiger partial charge in [0, 0.05) is 41.0 Å². The number of benzene rings is 1. The van der Waals surface area contributed by atoms with Crippen LogP contribution in [0.5, 0.6) is 0 Å². The maximum Gasteiger partial charge on any atom is 0.345 e. The summed E-state index contributed by atoms with van der Waals surface area (Å²) in [6, 6.07) is 6.71. The molecule has 4 rings (SSSR count). The lowest BCUT2D eigenvalue weighted by Gasteiger charge is -2.18. The topological polar surface area (TPSA) is 83.8 Å². The van der Waals surface area contributed by atoms with Crippen molar-refractivity contribution in [2.45, 2.75) is 25.6 Å². The first kappa shape index (κ1) is 24.6. The molecule has 0 saturated heterocycles. The van der Waals surface area contributed by atoms with Gasteiger partial charge >= 0.3 is 13.2 Å². The number of rotatable bonds is 9. The first-order valence-electron chi connectivity index (χ1n) is 10.2. The maximum atomic E-state index is 14.5. The van der Waals surface area contributed by atoms with Crippen LogP contribution >= 0.6 is 11.6 Å². The fraction of sp³-hybridized carbons (Fsp3) is 0.227. The molecule has 13 heteroatoms. The number of nitrogens with zero attached hydrogens (tertiary/aromatic N) is 5. The van der Waals surface area contributed by atoms with Gasteiger partial charge in [-0.1, -0.05) is 17.7 Å². The van der Waals surface area contributed by atoms with Crippen molar-refractivity contribution in [2.24, 2.45) is 0 Å². The average Bonchev–Trinajstić information content (AvgIpc) is 3.50. The standard InChI is InChI=1S/C22H18ClF5N6O/c23-14-2-3-15(29)19(20(14)24)12-1-4-17(30-9-12)18(6-8-35-22(27)28)34-11-13(10-31-34)16-5-7-33(32-16)21(25)26/h1-5,7,9-11,18,21-22H,6,8,29H2. The second kappa shape index (κ2) is 10.4. The quantitative estimate of drug-likeness (QED) is 0.226. The molecular formula is C22H18ClF5N6O. The minimum absolute atomic E-state index is 0.0664. The molecule has 1 aromatic carbocycles. The second-order valence-electron chi connectivity index (χ2n) is 7.40. The minimum atomic E-state index is -2.95. The lowest BCUT2D eigenvalue weighted by Crippen LogP contribution is -2.16. The molecule has 3 aromatic heterocycles. The molecule has 0 bridgehead atoms. The van der Waals surface area contributed by atoms with E-state index in [0.29, 0.717) is 21.5 Å². The van der Waals surface area contributed by atoms with Crippen molar-refractivity contribution in [3.63, 3.8) is 0 Å². The fourth-order valence-electron chi connectivity index (χ4n) is 3.54. The molecule has 3 heterocycles. The smallest absolute Gasteiger partial charge is 0.345 e. The van der Waals surface area contributed by atoms with Crippen LogP contribution in [0.15, 0.2) is 55.1 Å². The van der Waals surface area contributed by atoms with E-state index < -0.39 is 25.0 Å². The summed E-state index contributed by atoms with van der Waals surface area (Å²) in [6.45, 7) is -6.05. The zero-order chi connectivity index (χ0) is 25.1. The molecule has 35 heavy (non-hydrogen) atoms. The molecule has 0 fully saturated rings. The third-order valence-electron chi connectivity index (χ3n) is 5.20. The van der Waals surface area contributed by atoms with Gasteiger partial charge < -0.3 is 10.5 Å². The number of hydrogen-bond donors (Lipinski definition) is 1. The Bertz CT molecular complexity index is 1290. The van der Waals surface area contributed by atoms with Crippen LogP contribution in [-0.4, -0.2) is 37.8 Å². The van der Waals surface area contributed by atoms with Crippen LogP contribution in [0.25, 0.3) is 22.4 Å². The van der Waals surface area contributed by atoms with Gasteiger partial charge in [-0.05, 0) is 30.7 Å². The SMILES string of the molecule is Nc1ccc(Cl)c(F)c1-c1ccc(C(CCOC(F)F)n2cc(-c3ccn(C(F)F)n3)cn2)nc1. The Balaban J connectivity index is 1.64. The Morgan fingerprint density at radius 1 is 1.00 bits per heavy atom. The molecule has 184 valence electrons. The van der Waals surface area contributed by atoms with Crippen LogP contribution < -0.4 is 5.73 Å².